The van der Waals surface area contributed by atoms with Gasteiger partial charge in [-0.3, -0.25) is 9.69 Å². The lowest BCUT2D eigenvalue weighted by atomic mass is 10.0. The van der Waals surface area contributed by atoms with Crippen LogP contribution >= 0.6 is 11.6 Å². The predicted octanol–water partition coefficient (Wildman–Crippen LogP) is 2.83. The zero-order valence-electron chi connectivity index (χ0n) is 16.0. The lowest BCUT2D eigenvalue weighted by Gasteiger charge is -2.32. The molecule has 2 rings (SSSR count). The zero-order chi connectivity index (χ0) is 20.9. The maximum atomic E-state index is 12.7. The molecule has 0 unspecified atom stereocenters. The van der Waals surface area contributed by atoms with Crippen LogP contribution in [0.25, 0.3) is 0 Å². The highest BCUT2D eigenvalue weighted by Gasteiger charge is 2.26. The number of piperidine rings is 1. The van der Waals surface area contributed by atoms with Gasteiger partial charge in [-0.15, -0.1) is 0 Å². The Labute approximate surface area is 169 Å². The fourth-order valence-electron chi connectivity index (χ4n) is 3.27. The minimum absolute atomic E-state index is 0.0116. The van der Waals surface area contributed by atoms with Crippen molar-refractivity contribution in [3.05, 3.63) is 28.8 Å². The van der Waals surface area contributed by atoms with Crippen molar-refractivity contribution in [2.75, 3.05) is 32.7 Å². The quantitative estimate of drug-likeness (QED) is 0.679. The number of hydrogen-bond acceptors (Lipinski definition) is 4. The Bertz CT molecular complexity index is 780. The van der Waals surface area contributed by atoms with Crippen LogP contribution in [-0.4, -0.2) is 68.7 Å². The van der Waals surface area contributed by atoms with Gasteiger partial charge < -0.3 is 5.32 Å². The van der Waals surface area contributed by atoms with Gasteiger partial charge in [0, 0.05) is 32.2 Å². The van der Waals surface area contributed by atoms with Gasteiger partial charge in [-0.25, -0.2) is 17.2 Å². The van der Waals surface area contributed by atoms with E-state index >= 15 is 0 Å². The van der Waals surface area contributed by atoms with Crippen LogP contribution in [-0.2, 0) is 10.0 Å². The summed E-state index contributed by atoms with van der Waals surface area (Å²) in [4.78, 5) is 14.3. The summed E-state index contributed by atoms with van der Waals surface area (Å²) in [5, 5.41) is 3.00. The highest BCUT2D eigenvalue weighted by molar-refractivity contribution is 7.89. The van der Waals surface area contributed by atoms with E-state index in [1.807, 2.05) is 0 Å². The normalized spacial score (nSPS) is 16.7. The average Bonchev–Trinajstić information content (AvgIpc) is 2.63. The predicted molar refractivity (Wildman–Crippen MR) is 104 cm³/mol. The van der Waals surface area contributed by atoms with Crippen LogP contribution in [0.3, 0.4) is 0 Å². The molecule has 0 radical (unpaired) electrons. The van der Waals surface area contributed by atoms with Crippen LogP contribution in [0.15, 0.2) is 23.1 Å². The number of carbonyl (C=O) groups excluding carboxylic acids is 1. The smallest absolute Gasteiger partial charge is 0.253 e. The summed E-state index contributed by atoms with van der Waals surface area (Å²) in [5.74, 6) is -0.464. The van der Waals surface area contributed by atoms with Crippen molar-refractivity contribution in [1.29, 1.82) is 0 Å². The summed E-state index contributed by atoms with van der Waals surface area (Å²) in [6.45, 7) is 4.80. The highest BCUT2D eigenvalue weighted by Crippen LogP contribution is 2.23. The number of carbonyl (C=O) groups is 1. The summed E-state index contributed by atoms with van der Waals surface area (Å²) in [5.41, 5.74) is 0.0879. The van der Waals surface area contributed by atoms with E-state index in [1.165, 1.54) is 22.5 Å². The van der Waals surface area contributed by atoms with E-state index in [1.54, 1.807) is 18.7 Å². The van der Waals surface area contributed by atoms with Gasteiger partial charge in [0.2, 0.25) is 10.0 Å². The standard InChI is InChI=1S/C18H26ClF2N3O3S/c1-3-24(4-2)28(26,27)14-5-6-16(19)15(11-14)18(25)22-13-7-9-23(10-8-13)12-17(20)21/h5-6,11,13,17H,3-4,7-10,12H2,1-2H3,(H,22,25). The van der Waals surface area contributed by atoms with E-state index in [9.17, 15) is 22.0 Å². The SMILES string of the molecule is CCN(CC)S(=O)(=O)c1ccc(Cl)c(C(=O)NC2CCN(CC(F)F)CC2)c1. The summed E-state index contributed by atoms with van der Waals surface area (Å²) in [6, 6.07) is 3.91. The second kappa shape index (κ2) is 9.96. The molecule has 0 spiro atoms. The van der Waals surface area contributed by atoms with Gasteiger partial charge in [-0.05, 0) is 31.0 Å². The highest BCUT2D eigenvalue weighted by atomic mass is 35.5. The van der Waals surface area contributed by atoms with E-state index in [-0.39, 0.29) is 28.1 Å². The van der Waals surface area contributed by atoms with Crippen molar-refractivity contribution in [1.82, 2.24) is 14.5 Å². The molecule has 1 aliphatic rings. The number of sulfonamides is 1. The van der Waals surface area contributed by atoms with Crippen LogP contribution in [0.1, 0.15) is 37.0 Å². The summed E-state index contributed by atoms with van der Waals surface area (Å²) < 4.78 is 51.6. The first-order chi connectivity index (χ1) is 13.2. The third-order valence-electron chi connectivity index (χ3n) is 4.84. The lowest BCUT2D eigenvalue weighted by Crippen LogP contribution is -2.45. The number of likely N-dealkylation sites (tertiary alicyclic amines) is 1. The third kappa shape index (κ3) is 5.62. The molecule has 0 saturated carbocycles. The number of benzene rings is 1. The molecule has 1 aliphatic heterocycles. The molecule has 0 atom stereocenters. The lowest BCUT2D eigenvalue weighted by molar-refractivity contribution is 0.0696. The summed E-state index contributed by atoms with van der Waals surface area (Å²) in [7, 11) is -3.71. The van der Waals surface area contributed by atoms with Crippen molar-refractivity contribution >= 4 is 27.5 Å². The second-order valence-electron chi connectivity index (χ2n) is 6.67. The number of halogens is 3. The van der Waals surface area contributed by atoms with Gasteiger partial charge in [0.15, 0.2) is 0 Å². The molecule has 10 heteroatoms. The largest absolute Gasteiger partial charge is 0.349 e. The van der Waals surface area contributed by atoms with Crippen LogP contribution in [0.5, 0.6) is 0 Å². The van der Waals surface area contributed by atoms with E-state index in [4.69, 9.17) is 11.6 Å². The monoisotopic (exact) mass is 437 g/mol. The molecule has 1 heterocycles. The molecule has 6 nitrogen and oxygen atoms in total. The maximum Gasteiger partial charge on any atom is 0.253 e. The van der Waals surface area contributed by atoms with E-state index in [0.717, 1.165) is 0 Å². The van der Waals surface area contributed by atoms with Gasteiger partial charge in [-0.1, -0.05) is 25.4 Å². The number of nitrogens with one attached hydrogen (secondary N) is 1. The molecule has 0 aliphatic carbocycles. The van der Waals surface area contributed by atoms with Crippen LogP contribution in [0.2, 0.25) is 5.02 Å². The van der Waals surface area contributed by atoms with Crippen molar-refractivity contribution in [2.45, 2.75) is 44.1 Å². The first-order valence-electron chi connectivity index (χ1n) is 9.30. The van der Waals surface area contributed by atoms with E-state index in [2.05, 4.69) is 5.32 Å². The zero-order valence-corrected chi connectivity index (χ0v) is 17.6. The van der Waals surface area contributed by atoms with Gasteiger partial charge in [-0.2, -0.15) is 4.31 Å². The Morgan fingerprint density at radius 3 is 2.43 bits per heavy atom. The molecule has 1 saturated heterocycles. The number of nitrogens with zero attached hydrogens (tertiary/aromatic N) is 2. The summed E-state index contributed by atoms with van der Waals surface area (Å²) in [6.07, 6.45) is -1.28. The molecule has 1 aromatic carbocycles. The molecule has 1 fully saturated rings. The molecule has 1 N–H and O–H groups in total. The van der Waals surface area contributed by atoms with Crippen LogP contribution in [0.4, 0.5) is 8.78 Å². The average molecular weight is 438 g/mol. The van der Waals surface area contributed by atoms with Gasteiger partial charge >= 0.3 is 0 Å². The van der Waals surface area contributed by atoms with Gasteiger partial charge in [0.25, 0.3) is 12.3 Å². The third-order valence-corrected chi connectivity index (χ3v) is 7.22. The van der Waals surface area contributed by atoms with Gasteiger partial charge in [0.05, 0.1) is 22.0 Å². The number of hydrogen-bond donors (Lipinski definition) is 1. The Morgan fingerprint density at radius 2 is 1.89 bits per heavy atom. The number of rotatable bonds is 8. The Kier molecular flexibility index (Phi) is 8.18. The number of alkyl halides is 2. The molecule has 158 valence electrons. The summed E-state index contributed by atoms with van der Waals surface area (Å²) >= 11 is 6.13. The molecule has 0 aromatic heterocycles. The fraction of sp³-hybridized carbons (Fsp3) is 0.611. The Hall–Kier alpha value is -1.29. The van der Waals surface area contributed by atoms with E-state index < -0.39 is 22.4 Å². The molecular formula is C18H26ClF2N3O3S. The molecule has 28 heavy (non-hydrogen) atoms. The van der Waals surface area contributed by atoms with Gasteiger partial charge in [0.1, 0.15) is 0 Å². The minimum Gasteiger partial charge on any atom is -0.349 e. The van der Waals surface area contributed by atoms with Crippen molar-refractivity contribution in [3.63, 3.8) is 0 Å². The van der Waals surface area contributed by atoms with E-state index in [0.29, 0.717) is 39.0 Å². The second-order valence-corrected chi connectivity index (χ2v) is 9.02. The minimum atomic E-state index is -3.71. The Balaban J connectivity index is 2.10. The van der Waals surface area contributed by atoms with Crippen LogP contribution in [0, 0.1) is 0 Å². The topological polar surface area (TPSA) is 69.7 Å². The van der Waals surface area contributed by atoms with Crippen molar-refractivity contribution < 1.29 is 22.0 Å². The van der Waals surface area contributed by atoms with Crippen molar-refractivity contribution in [3.8, 4) is 0 Å². The fourth-order valence-corrected chi connectivity index (χ4v) is 4.96. The Morgan fingerprint density at radius 1 is 1.29 bits per heavy atom. The van der Waals surface area contributed by atoms with Crippen LogP contribution < -0.4 is 5.32 Å². The van der Waals surface area contributed by atoms with Crippen molar-refractivity contribution in [2.24, 2.45) is 0 Å². The molecule has 0 bridgehead atoms. The maximum absolute atomic E-state index is 12.7. The first kappa shape index (κ1) is 23.0. The first-order valence-corrected chi connectivity index (χ1v) is 11.1. The molecule has 1 aromatic rings. The number of amides is 1. The molecule has 1 amide bonds. The molecular weight excluding hydrogens is 412 g/mol.